The molecule has 0 fully saturated rings. The zero-order valence-corrected chi connectivity index (χ0v) is 9.65. The van der Waals surface area contributed by atoms with Crippen molar-refractivity contribution in [3.63, 3.8) is 0 Å². The molecular weight excluding hydrogens is 218 g/mol. The maximum atomic E-state index is 5.72. The number of nitrogens with zero attached hydrogens (tertiary/aromatic N) is 2. The number of aromatic nitrogens is 2. The van der Waals surface area contributed by atoms with Crippen LogP contribution >= 0.6 is 0 Å². The maximum Gasteiger partial charge on any atom is 0.244 e. The Kier molecular flexibility index (Phi) is 3.32. The normalized spacial score (nSPS) is 15.4. The highest BCUT2D eigenvalue weighted by Gasteiger charge is 2.11. The third-order valence-corrected chi connectivity index (χ3v) is 2.74. The van der Waals surface area contributed by atoms with E-state index in [0.717, 1.165) is 12.8 Å². The van der Waals surface area contributed by atoms with Gasteiger partial charge in [-0.3, -0.25) is 0 Å². The lowest BCUT2D eigenvalue weighted by molar-refractivity contribution is 0.332. The lowest BCUT2D eigenvalue weighted by Gasteiger charge is -2.14. The predicted molar refractivity (Wildman–Crippen MR) is 67.3 cm³/mol. The number of hydrogen-bond donors (Lipinski definition) is 3. The molecule has 17 heavy (non-hydrogen) atoms. The molecule has 6 heteroatoms. The van der Waals surface area contributed by atoms with Crippen LogP contribution in [0.2, 0.25) is 0 Å². The first kappa shape index (κ1) is 11.5. The summed E-state index contributed by atoms with van der Waals surface area (Å²) in [4.78, 5) is 7.68. The van der Waals surface area contributed by atoms with Crippen LogP contribution in [0.1, 0.15) is 25.7 Å². The molecule has 0 amide bonds. The van der Waals surface area contributed by atoms with Crippen molar-refractivity contribution in [3.8, 4) is 5.88 Å². The molecule has 1 aliphatic rings. The molecule has 1 heterocycles. The van der Waals surface area contributed by atoms with Crippen LogP contribution in [0, 0.1) is 0 Å². The summed E-state index contributed by atoms with van der Waals surface area (Å²) in [6.07, 6.45) is 6.84. The third-order valence-electron chi connectivity index (χ3n) is 2.74. The molecule has 0 spiro atoms. The van der Waals surface area contributed by atoms with Crippen molar-refractivity contribution in [2.45, 2.75) is 25.7 Å². The van der Waals surface area contributed by atoms with Crippen LogP contribution in [0.5, 0.6) is 5.88 Å². The average Bonchev–Trinajstić information content (AvgIpc) is 2.33. The lowest BCUT2D eigenvalue weighted by Crippen LogP contribution is -2.10. The zero-order valence-electron chi connectivity index (χ0n) is 9.65. The SMILES string of the molecule is Nc1nc(N)c(N)c(OCC2=CCCCC2)n1. The van der Waals surface area contributed by atoms with Gasteiger partial charge < -0.3 is 21.9 Å². The summed E-state index contributed by atoms with van der Waals surface area (Å²) >= 11 is 0. The van der Waals surface area contributed by atoms with Gasteiger partial charge in [0.05, 0.1) is 0 Å². The van der Waals surface area contributed by atoms with E-state index in [-0.39, 0.29) is 23.3 Å². The van der Waals surface area contributed by atoms with Crippen molar-refractivity contribution in [1.82, 2.24) is 9.97 Å². The Balaban J connectivity index is 2.05. The Morgan fingerprint density at radius 1 is 1.18 bits per heavy atom. The second kappa shape index (κ2) is 4.90. The van der Waals surface area contributed by atoms with Gasteiger partial charge in [-0.2, -0.15) is 9.97 Å². The van der Waals surface area contributed by atoms with Gasteiger partial charge in [0.25, 0.3) is 0 Å². The highest BCUT2D eigenvalue weighted by atomic mass is 16.5. The first-order chi connectivity index (χ1) is 8.16. The zero-order chi connectivity index (χ0) is 12.3. The van der Waals surface area contributed by atoms with E-state index >= 15 is 0 Å². The van der Waals surface area contributed by atoms with Crippen molar-refractivity contribution in [3.05, 3.63) is 11.6 Å². The summed E-state index contributed by atoms with van der Waals surface area (Å²) in [5, 5.41) is 0. The minimum absolute atomic E-state index is 0.0734. The number of allylic oxidation sites excluding steroid dienone is 1. The number of nitrogen functional groups attached to an aromatic ring is 3. The number of rotatable bonds is 3. The van der Waals surface area contributed by atoms with E-state index in [2.05, 4.69) is 16.0 Å². The largest absolute Gasteiger partial charge is 0.472 e. The van der Waals surface area contributed by atoms with E-state index in [1.807, 2.05) is 0 Å². The van der Waals surface area contributed by atoms with Crippen molar-refractivity contribution in [2.24, 2.45) is 0 Å². The molecule has 0 unspecified atom stereocenters. The van der Waals surface area contributed by atoms with Gasteiger partial charge in [-0.1, -0.05) is 6.08 Å². The van der Waals surface area contributed by atoms with E-state index in [0.29, 0.717) is 6.61 Å². The molecule has 1 aromatic rings. The van der Waals surface area contributed by atoms with Crippen LogP contribution in [-0.4, -0.2) is 16.6 Å². The molecule has 6 N–H and O–H groups in total. The minimum atomic E-state index is 0.0734. The molecule has 6 nitrogen and oxygen atoms in total. The smallest absolute Gasteiger partial charge is 0.244 e. The minimum Gasteiger partial charge on any atom is -0.472 e. The Bertz CT molecular complexity index is 444. The van der Waals surface area contributed by atoms with Crippen LogP contribution < -0.4 is 21.9 Å². The van der Waals surface area contributed by atoms with Crippen molar-refractivity contribution in [2.75, 3.05) is 23.8 Å². The highest BCUT2D eigenvalue weighted by Crippen LogP contribution is 2.25. The van der Waals surface area contributed by atoms with Crippen LogP contribution in [0.15, 0.2) is 11.6 Å². The predicted octanol–water partition coefficient (Wildman–Crippen LogP) is 1.10. The lowest BCUT2D eigenvalue weighted by atomic mass is 10.0. The molecule has 0 saturated carbocycles. The molecule has 0 bridgehead atoms. The first-order valence-electron chi connectivity index (χ1n) is 5.66. The van der Waals surface area contributed by atoms with Gasteiger partial charge in [0.15, 0.2) is 5.82 Å². The van der Waals surface area contributed by atoms with Crippen LogP contribution in [0.3, 0.4) is 0 Å². The van der Waals surface area contributed by atoms with Gasteiger partial charge in [0.2, 0.25) is 11.8 Å². The van der Waals surface area contributed by atoms with Crippen molar-refractivity contribution in [1.29, 1.82) is 0 Å². The van der Waals surface area contributed by atoms with Gasteiger partial charge in [0.1, 0.15) is 12.3 Å². The summed E-state index contributed by atoms with van der Waals surface area (Å²) in [5.74, 6) is 0.496. The van der Waals surface area contributed by atoms with Crippen LogP contribution in [0.4, 0.5) is 17.5 Å². The number of ether oxygens (including phenoxy) is 1. The van der Waals surface area contributed by atoms with Crippen molar-refractivity contribution < 1.29 is 4.74 Å². The van der Waals surface area contributed by atoms with Gasteiger partial charge in [0, 0.05) is 0 Å². The fourth-order valence-electron chi connectivity index (χ4n) is 1.79. The van der Waals surface area contributed by atoms with Gasteiger partial charge >= 0.3 is 0 Å². The Hall–Kier alpha value is -1.98. The molecule has 0 aliphatic heterocycles. The second-order valence-electron chi connectivity index (χ2n) is 4.08. The summed E-state index contributed by atoms with van der Waals surface area (Å²) in [6.45, 7) is 0.486. The molecule has 2 rings (SSSR count). The van der Waals surface area contributed by atoms with E-state index in [1.165, 1.54) is 18.4 Å². The second-order valence-corrected chi connectivity index (χ2v) is 4.08. The fraction of sp³-hybridized carbons (Fsp3) is 0.455. The van der Waals surface area contributed by atoms with Crippen LogP contribution in [0.25, 0.3) is 0 Å². The van der Waals surface area contributed by atoms with Gasteiger partial charge in [-0.05, 0) is 31.3 Å². The molecular formula is C11H17N5O. The Morgan fingerprint density at radius 2 is 2.00 bits per heavy atom. The molecule has 1 aliphatic carbocycles. The average molecular weight is 235 g/mol. The molecule has 0 radical (unpaired) electrons. The standard InChI is InChI=1S/C11H17N5O/c12-8-9(13)15-11(14)16-10(8)17-6-7-4-2-1-3-5-7/h4H,1-3,5-6,12H2,(H4,13,14,15,16). The maximum absolute atomic E-state index is 5.72. The molecule has 0 aromatic carbocycles. The number of hydrogen-bond acceptors (Lipinski definition) is 6. The monoisotopic (exact) mass is 235 g/mol. The topological polar surface area (TPSA) is 113 Å². The number of nitrogens with two attached hydrogens (primary N) is 3. The Labute approximate surface area is 99.9 Å². The van der Waals surface area contributed by atoms with Gasteiger partial charge in [-0.15, -0.1) is 0 Å². The third kappa shape index (κ3) is 2.77. The van der Waals surface area contributed by atoms with Crippen LogP contribution in [-0.2, 0) is 0 Å². The molecule has 0 atom stereocenters. The van der Waals surface area contributed by atoms with E-state index in [9.17, 15) is 0 Å². The highest BCUT2D eigenvalue weighted by molar-refractivity contribution is 5.65. The van der Waals surface area contributed by atoms with Crippen molar-refractivity contribution >= 4 is 17.5 Å². The van der Waals surface area contributed by atoms with Gasteiger partial charge in [-0.25, -0.2) is 0 Å². The number of anilines is 3. The summed E-state index contributed by atoms with van der Waals surface area (Å²) in [7, 11) is 0. The van der Waals surface area contributed by atoms with E-state index in [1.54, 1.807) is 0 Å². The van der Waals surface area contributed by atoms with E-state index < -0.39 is 0 Å². The fourth-order valence-corrected chi connectivity index (χ4v) is 1.79. The molecule has 0 saturated heterocycles. The van der Waals surface area contributed by atoms with E-state index in [4.69, 9.17) is 21.9 Å². The summed E-state index contributed by atoms with van der Waals surface area (Å²) in [5.41, 5.74) is 18.3. The molecule has 1 aromatic heterocycles. The Morgan fingerprint density at radius 3 is 2.71 bits per heavy atom. The summed E-state index contributed by atoms with van der Waals surface area (Å²) < 4.78 is 5.53. The molecule has 92 valence electrons. The summed E-state index contributed by atoms with van der Waals surface area (Å²) in [6, 6.07) is 0. The first-order valence-corrected chi connectivity index (χ1v) is 5.66. The quantitative estimate of drug-likeness (QED) is 0.676.